The number of nitrogens with one attached hydrogen (secondary N) is 1. The van der Waals surface area contributed by atoms with E-state index >= 15 is 0 Å². The maximum absolute atomic E-state index is 13.6. The summed E-state index contributed by atoms with van der Waals surface area (Å²) >= 11 is 0. The minimum atomic E-state index is -0.385. The van der Waals surface area contributed by atoms with Crippen molar-refractivity contribution in [3.63, 3.8) is 0 Å². The van der Waals surface area contributed by atoms with Gasteiger partial charge >= 0.3 is 0 Å². The number of hydrogen-bond donors (Lipinski definition) is 1. The second kappa shape index (κ2) is 9.29. The number of hydrogen-bond acceptors (Lipinski definition) is 4. The third-order valence-electron chi connectivity index (χ3n) is 7.90. The molecule has 3 fully saturated rings. The van der Waals surface area contributed by atoms with Crippen molar-refractivity contribution in [2.75, 3.05) is 13.1 Å². The fourth-order valence-corrected chi connectivity index (χ4v) is 6.31. The van der Waals surface area contributed by atoms with Gasteiger partial charge in [-0.1, -0.05) is 24.3 Å². The molecule has 1 aromatic heterocycles. The number of carbonyl (C=O) groups is 2. The van der Waals surface area contributed by atoms with E-state index in [0.717, 1.165) is 51.3 Å². The molecular formula is C26H35N5O2. The fraction of sp³-hybridized carbons (Fsp3) is 0.577. The summed E-state index contributed by atoms with van der Waals surface area (Å²) in [6.45, 7) is 8.20. The first-order valence-electron chi connectivity index (χ1n) is 12.4. The molecule has 4 atom stereocenters. The van der Waals surface area contributed by atoms with Crippen molar-refractivity contribution in [1.82, 2.24) is 24.7 Å². The van der Waals surface area contributed by atoms with Crippen LogP contribution in [0.1, 0.15) is 49.6 Å². The van der Waals surface area contributed by atoms with Crippen molar-refractivity contribution in [3.8, 4) is 0 Å². The zero-order chi connectivity index (χ0) is 22.9. The molecule has 5 rings (SSSR count). The van der Waals surface area contributed by atoms with E-state index in [1.807, 2.05) is 15.7 Å². The smallest absolute Gasteiger partial charge is 0.243 e. The molecule has 0 saturated carbocycles. The molecule has 33 heavy (non-hydrogen) atoms. The van der Waals surface area contributed by atoms with Gasteiger partial charge in [0, 0.05) is 57.0 Å². The summed E-state index contributed by atoms with van der Waals surface area (Å²) in [5, 5.41) is 3.13. The molecule has 2 amide bonds. The SMILES string of the molecule is CCn1ccnc1CNC(=O)[C@H]1[C@H]2C[C@H](CN(Cc3ccccc3C)C2)[C@@H]2CCCC(=O)N21. The zero-order valence-electron chi connectivity index (χ0n) is 19.7. The van der Waals surface area contributed by atoms with Crippen LogP contribution >= 0.6 is 0 Å². The largest absolute Gasteiger partial charge is 0.347 e. The van der Waals surface area contributed by atoms with E-state index in [9.17, 15) is 9.59 Å². The molecule has 3 aliphatic rings. The Morgan fingerprint density at radius 3 is 2.85 bits per heavy atom. The zero-order valence-corrected chi connectivity index (χ0v) is 19.7. The van der Waals surface area contributed by atoms with Crippen LogP contribution in [0.25, 0.3) is 0 Å². The molecule has 176 valence electrons. The summed E-state index contributed by atoms with van der Waals surface area (Å²) in [6, 6.07) is 8.35. The second-order valence-corrected chi connectivity index (χ2v) is 9.93. The lowest BCUT2D eigenvalue weighted by Gasteiger charge is -2.56. The molecule has 0 radical (unpaired) electrons. The minimum Gasteiger partial charge on any atom is -0.347 e. The first kappa shape index (κ1) is 22.1. The lowest BCUT2D eigenvalue weighted by atomic mass is 9.71. The number of amides is 2. The first-order chi connectivity index (χ1) is 16.0. The number of piperidine rings is 3. The third-order valence-corrected chi connectivity index (χ3v) is 7.90. The van der Waals surface area contributed by atoms with Gasteiger partial charge in [0.05, 0.1) is 6.54 Å². The molecule has 0 spiro atoms. The van der Waals surface area contributed by atoms with Crippen LogP contribution in [0, 0.1) is 18.8 Å². The highest BCUT2D eigenvalue weighted by molar-refractivity contribution is 5.89. The van der Waals surface area contributed by atoms with E-state index < -0.39 is 0 Å². The molecule has 4 heterocycles. The van der Waals surface area contributed by atoms with Gasteiger partial charge in [-0.3, -0.25) is 14.5 Å². The minimum absolute atomic E-state index is 0.0258. The highest BCUT2D eigenvalue weighted by atomic mass is 16.2. The predicted molar refractivity (Wildman–Crippen MR) is 126 cm³/mol. The molecule has 7 nitrogen and oxygen atoms in total. The van der Waals surface area contributed by atoms with Crippen LogP contribution in [0.5, 0.6) is 0 Å². The number of benzene rings is 1. The van der Waals surface area contributed by atoms with Gasteiger partial charge in [-0.2, -0.15) is 0 Å². The van der Waals surface area contributed by atoms with E-state index in [1.54, 1.807) is 6.20 Å². The number of aromatic nitrogens is 2. The molecule has 2 aromatic rings. The lowest BCUT2D eigenvalue weighted by molar-refractivity contribution is -0.160. The van der Waals surface area contributed by atoms with E-state index in [2.05, 4.69) is 53.3 Å². The average Bonchev–Trinajstić information content (AvgIpc) is 3.27. The molecule has 1 aromatic carbocycles. The number of carbonyl (C=O) groups excluding carboxylic acids is 2. The number of nitrogens with zero attached hydrogens (tertiary/aromatic N) is 4. The Balaban J connectivity index is 1.36. The van der Waals surface area contributed by atoms with Crippen LogP contribution in [0.4, 0.5) is 0 Å². The molecule has 0 unspecified atom stereocenters. The van der Waals surface area contributed by atoms with Crippen molar-refractivity contribution in [2.45, 2.75) is 71.2 Å². The molecule has 1 N–H and O–H groups in total. The maximum Gasteiger partial charge on any atom is 0.243 e. The molecule has 2 bridgehead atoms. The quantitative estimate of drug-likeness (QED) is 0.736. The van der Waals surface area contributed by atoms with Crippen LogP contribution in [-0.2, 0) is 29.2 Å². The summed E-state index contributed by atoms with van der Waals surface area (Å²) in [5.41, 5.74) is 2.66. The average molecular weight is 450 g/mol. The molecule has 0 aliphatic carbocycles. The predicted octanol–water partition coefficient (Wildman–Crippen LogP) is 2.73. The third kappa shape index (κ3) is 4.31. The van der Waals surface area contributed by atoms with Gasteiger partial charge in [-0.15, -0.1) is 0 Å². The monoisotopic (exact) mass is 449 g/mol. The molecule has 3 saturated heterocycles. The topological polar surface area (TPSA) is 70.5 Å². The van der Waals surface area contributed by atoms with E-state index in [4.69, 9.17) is 0 Å². The van der Waals surface area contributed by atoms with Gasteiger partial charge in [0.15, 0.2) is 0 Å². The van der Waals surface area contributed by atoms with E-state index in [1.165, 1.54) is 11.1 Å². The van der Waals surface area contributed by atoms with Gasteiger partial charge in [0.2, 0.25) is 11.8 Å². The number of aryl methyl sites for hydroxylation is 2. The lowest BCUT2D eigenvalue weighted by Crippen LogP contribution is -2.68. The van der Waals surface area contributed by atoms with Crippen LogP contribution < -0.4 is 5.32 Å². The van der Waals surface area contributed by atoms with Crippen molar-refractivity contribution in [3.05, 3.63) is 53.6 Å². The molecule has 7 heteroatoms. The van der Waals surface area contributed by atoms with Crippen LogP contribution in [0.3, 0.4) is 0 Å². The second-order valence-electron chi connectivity index (χ2n) is 9.93. The highest BCUT2D eigenvalue weighted by Crippen LogP contribution is 2.42. The Labute approximate surface area is 196 Å². The Bertz CT molecular complexity index is 1020. The fourth-order valence-electron chi connectivity index (χ4n) is 6.31. The van der Waals surface area contributed by atoms with Crippen molar-refractivity contribution in [2.24, 2.45) is 11.8 Å². The van der Waals surface area contributed by atoms with Gasteiger partial charge < -0.3 is 14.8 Å². The van der Waals surface area contributed by atoms with E-state index in [-0.39, 0.29) is 29.8 Å². The van der Waals surface area contributed by atoms with E-state index in [0.29, 0.717) is 18.9 Å². The summed E-state index contributed by atoms with van der Waals surface area (Å²) in [7, 11) is 0. The van der Waals surface area contributed by atoms with Gasteiger partial charge in [0.25, 0.3) is 0 Å². The molecular weight excluding hydrogens is 414 g/mol. The number of imidazole rings is 1. The Hall–Kier alpha value is -2.67. The number of likely N-dealkylation sites (tertiary alicyclic amines) is 1. The van der Waals surface area contributed by atoms with Gasteiger partial charge in [-0.05, 0) is 50.2 Å². The van der Waals surface area contributed by atoms with Crippen LogP contribution in [0.15, 0.2) is 36.7 Å². The summed E-state index contributed by atoms with van der Waals surface area (Å²) < 4.78 is 2.04. The summed E-state index contributed by atoms with van der Waals surface area (Å²) in [5.74, 6) is 1.59. The van der Waals surface area contributed by atoms with Crippen molar-refractivity contribution >= 4 is 11.8 Å². The van der Waals surface area contributed by atoms with Crippen molar-refractivity contribution < 1.29 is 9.59 Å². The van der Waals surface area contributed by atoms with Crippen molar-refractivity contribution in [1.29, 1.82) is 0 Å². The standard InChI is InChI=1S/C26H35N5O2/c1-3-30-12-11-27-23(30)14-28-26(33)25-21-13-20(22-9-6-10-24(32)31(22)25)16-29(17-21)15-19-8-5-4-7-18(19)2/h4-5,7-8,11-12,20-22,25H,3,6,9-10,13-17H2,1-2H3,(H,28,33)/t20-,21+,22+,25-/m1/s1. The van der Waals surface area contributed by atoms with Crippen LogP contribution in [0.2, 0.25) is 0 Å². The Morgan fingerprint density at radius 2 is 2.03 bits per heavy atom. The highest BCUT2D eigenvalue weighted by Gasteiger charge is 2.51. The normalized spacial score (nSPS) is 27.3. The molecule has 3 aliphatic heterocycles. The summed E-state index contributed by atoms with van der Waals surface area (Å²) in [6.07, 6.45) is 7.23. The Kier molecular flexibility index (Phi) is 6.23. The maximum atomic E-state index is 13.6. The van der Waals surface area contributed by atoms with Gasteiger partial charge in [-0.25, -0.2) is 4.98 Å². The first-order valence-corrected chi connectivity index (χ1v) is 12.4. The number of rotatable bonds is 6. The Morgan fingerprint density at radius 1 is 1.21 bits per heavy atom. The van der Waals surface area contributed by atoms with Gasteiger partial charge in [0.1, 0.15) is 11.9 Å². The van der Waals surface area contributed by atoms with Crippen LogP contribution in [-0.4, -0.2) is 56.3 Å². The summed E-state index contributed by atoms with van der Waals surface area (Å²) in [4.78, 5) is 35.5. The number of fused-ring (bicyclic) bond motifs is 4.